The average Bonchev–Trinajstić information content (AvgIpc) is 3.86. The zero-order chi connectivity index (χ0) is 49.9. The van der Waals surface area contributed by atoms with Crippen molar-refractivity contribution in [1.82, 2.24) is 25.1 Å². The van der Waals surface area contributed by atoms with Gasteiger partial charge in [0, 0.05) is 44.9 Å². The van der Waals surface area contributed by atoms with Gasteiger partial charge in [-0.15, -0.1) is 5.10 Å². The van der Waals surface area contributed by atoms with E-state index in [0.717, 1.165) is 18.4 Å². The van der Waals surface area contributed by atoms with Gasteiger partial charge in [-0.05, 0) is 124 Å². The number of carbonyl (C=O) groups excluding carboxylic acids is 5. The van der Waals surface area contributed by atoms with Gasteiger partial charge in [-0.1, -0.05) is 83.6 Å². The number of ketones is 3. The Morgan fingerprint density at radius 2 is 1.63 bits per heavy atom. The molecule has 1 aromatic rings. The summed E-state index contributed by atoms with van der Waals surface area (Å²) >= 11 is 0. The summed E-state index contributed by atoms with van der Waals surface area (Å²) in [5.74, 6) is -7.62. The lowest BCUT2D eigenvalue weighted by Gasteiger charge is -2.42. The van der Waals surface area contributed by atoms with Crippen molar-refractivity contribution in [2.24, 2.45) is 41.4 Å². The normalized spacial score (nSPS) is 39.1. The van der Waals surface area contributed by atoms with Gasteiger partial charge in [0.25, 0.3) is 11.7 Å². The highest BCUT2D eigenvalue weighted by molar-refractivity contribution is 6.39. The Morgan fingerprint density at radius 3 is 2.32 bits per heavy atom. The SMILES string of the molecule is COC1CC(C[C@@H](C)[C@@H]2CC(=O)[C@H](C)/C=C(\C)[C@@H](O)C(OC)C(=O)C(C)C[C@H](C)/C=C/C=C/C=C(\C)[C@@H](C)C[C@@H]3CCC(C)C(O)(O3)C(=O)C(=O)N3CCCCC3C(=O)O2)CCC1n1cnnn1. The number of methoxy groups -OCH3 is 2. The van der Waals surface area contributed by atoms with Crippen LogP contribution in [-0.2, 0) is 42.9 Å². The summed E-state index contributed by atoms with van der Waals surface area (Å²) in [6, 6.07) is -1.17. The second-order valence-electron chi connectivity index (χ2n) is 20.6. The molecule has 1 saturated carbocycles. The minimum atomic E-state index is -2.38. The van der Waals surface area contributed by atoms with Gasteiger partial charge in [-0.2, -0.15) is 0 Å². The summed E-state index contributed by atoms with van der Waals surface area (Å²) in [5, 5.41) is 35.2. The Kier molecular flexibility index (Phi) is 20.2. The van der Waals surface area contributed by atoms with Gasteiger partial charge in [0.2, 0.25) is 5.79 Å². The average molecular weight is 950 g/mol. The van der Waals surface area contributed by atoms with Crippen molar-refractivity contribution in [3.63, 3.8) is 0 Å². The minimum Gasteiger partial charge on any atom is -0.460 e. The molecule has 2 saturated heterocycles. The predicted octanol–water partition coefficient (Wildman–Crippen LogP) is 6.67. The number of hydrogen-bond donors (Lipinski definition) is 2. The highest BCUT2D eigenvalue weighted by Crippen LogP contribution is 2.39. The quantitative estimate of drug-likeness (QED) is 0.174. The van der Waals surface area contributed by atoms with Crippen LogP contribution in [0.15, 0.2) is 53.9 Å². The van der Waals surface area contributed by atoms with Crippen molar-refractivity contribution in [3.8, 4) is 0 Å². The molecule has 0 spiro atoms. The van der Waals surface area contributed by atoms with E-state index in [2.05, 4.69) is 22.4 Å². The number of tetrazole rings is 1. The number of hydrogen-bond acceptors (Lipinski definition) is 14. The van der Waals surface area contributed by atoms with Gasteiger partial charge < -0.3 is 34.1 Å². The largest absolute Gasteiger partial charge is 0.460 e. The number of Topliss-reactive ketones (excluding diaryl/α,β-unsaturated/α-hetero) is 3. The molecule has 2 bridgehead atoms. The van der Waals surface area contributed by atoms with Crippen LogP contribution in [0.2, 0.25) is 0 Å². The highest BCUT2D eigenvalue weighted by atomic mass is 16.6. The maximum atomic E-state index is 14.5. The summed E-state index contributed by atoms with van der Waals surface area (Å²) in [4.78, 5) is 72.2. The van der Waals surface area contributed by atoms with Crippen LogP contribution in [0.5, 0.6) is 0 Å². The fourth-order valence-electron chi connectivity index (χ4n) is 10.7. The third-order valence-electron chi connectivity index (χ3n) is 15.3. The van der Waals surface area contributed by atoms with Crippen LogP contribution >= 0.6 is 0 Å². The number of amides is 1. The van der Waals surface area contributed by atoms with Gasteiger partial charge in [-0.3, -0.25) is 19.2 Å². The molecule has 15 atom stereocenters. The number of cyclic esters (lactones) is 1. The first kappa shape index (κ1) is 54.7. The number of rotatable bonds is 6. The van der Waals surface area contributed by atoms with Gasteiger partial charge in [0.05, 0.1) is 18.2 Å². The van der Waals surface area contributed by atoms with Crippen LogP contribution in [0.25, 0.3) is 0 Å². The van der Waals surface area contributed by atoms with E-state index < -0.39 is 71.7 Å². The molecule has 68 heavy (non-hydrogen) atoms. The number of aliphatic hydroxyl groups is 2. The second kappa shape index (κ2) is 25.1. The van der Waals surface area contributed by atoms with Crippen LogP contribution in [-0.4, -0.2) is 128 Å². The zero-order valence-corrected chi connectivity index (χ0v) is 42.1. The molecule has 0 radical (unpaired) electrons. The monoisotopic (exact) mass is 950 g/mol. The van der Waals surface area contributed by atoms with Crippen molar-refractivity contribution in [2.45, 2.75) is 181 Å². The van der Waals surface area contributed by atoms with Gasteiger partial charge in [0.15, 0.2) is 5.78 Å². The number of fused-ring (bicyclic) bond motifs is 3. The van der Waals surface area contributed by atoms with Gasteiger partial charge in [-0.25, -0.2) is 9.48 Å². The molecule has 1 aromatic heterocycles. The van der Waals surface area contributed by atoms with Gasteiger partial charge in [0.1, 0.15) is 36.5 Å². The molecule has 8 unspecified atom stereocenters. The van der Waals surface area contributed by atoms with Crippen LogP contribution < -0.4 is 0 Å². The smallest absolute Gasteiger partial charge is 0.329 e. The van der Waals surface area contributed by atoms with Crippen LogP contribution in [0.3, 0.4) is 0 Å². The first-order valence-electron chi connectivity index (χ1n) is 25.0. The van der Waals surface area contributed by atoms with Crippen molar-refractivity contribution in [1.29, 1.82) is 0 Å². The van der Waals surface area contributed by atoms with E-state index in [9.17, 15) is 34.2 Å². The number of ether oxygens (including phenoxy) is 4. The van der Waals surface area contributed by atoms with Gasteiger partial charge >= 0.3 is 5.97 Å². The predicted molar refractivity (Wildman–Crippen MR) is 254 cm³/mol. The van der Waals surface area contributed by atoms with Crippen LogP contribution in [0.1, 0.15) is 138 Å². The minimum absolute atomic E-state index is 0.0292. The molecular weight excluding hydrogens is 871 g/mol. The molecule has 2 N–H and O–H groups in total. The molecule has 4 heterocycles. The standard InChI is InChI=1S/C52H79N5O11/c1-31-16-12-11-13-17-32(2)33(3)27-40-21-19-38(8)52(64,68-40)49(61)50(62)56-23-15-14-18-42(56)51(63)67-44(35(5)26-39-20-22-41(45(28-39)65-9)57-30-53-54-55-57)29-43(58)34(4)25-37(7)47(60)48(66-10)46(59)36(6)24-31/h11-13,16-17,25,30-31,33-36,38-42,44-45,47-48,60,64H,14-15,18-24,26-29H2,1-10H3/b13-11+,16-12+,32-17+,37-25+/t31-,33+,34-,35-,36?,38?,39?,40+,41?,42?,44+,45?,47-,48?,52?/m1/s1. The number of esters is 1. The van der Waals surface area contributed by atoms with E-state index in [1.54, 1.807) is 45.0 Å². The summed E-state index contributed by atoms with van der Waals surface area (Å²) in [5.41, 5.74) is 1.47. The molecular formula is C52H79N5O11. The Hall–Kier alpha value is -4.22. The third kappa shape index (κ3) is 13.8. The first-order chi connectivity index (χ1) is 32.3. The summed E-state index contributed by atoms with van der Waals surface area (Å²) in [7, 11) is 3.05. The second-order valence-corrected chi connectivity index (χ2v) is 20.6. The molecule has 3 aliphatic heterocycles. The topological polar surface area (TPSA) is 210 Å². The first-order valence-corrected chi connectivity index (χ1v) is 25.0. The Balaban J connectivity index is 1.45. The number of piperidine rings is 1. The molecule has 4 aliphatic rings. The Bertz CT molecular complexity index is 2000. The molecule has 16 nitrogen and oxygen atoms in total. The number of allylic oxidation sites excluding steroid dienone is 7. The number of aliphatic hydroxyl groups excluding tert-OH is 1. The molecule has 1 aliphatic carbocycles. The maximum Gasteiger partial charge on any atom is 0.329 e. The number of carbonyl (C=O) groups is 5. The number of aromatic nitrogens is 4. The Labute approximate surface area is 403 Å². The molecule has 16 heteroatoms. The summed E-state index contributed by atoms with van der Waals surface area (Å²) in [6.45, 7) is 15.0. The van der Waals surface area contributed by atoms with E-state index in [1.807, 2.05) is 58.1 Å². The van der Waals surface area contributed by atoms with E-state index in [1.165, 1.54) is 12.0 Å². The molecule has 5 rings (SSSR count). The fraction of sp³-hybridized carbons (Fsp3) is 0.731. The summed E-state index contributed by atoms with van der Waals surface area (Å²) in [6.07, 6.45) is 15.2. The lowest BCUT2D eigenvalue weighted by atomic mass is 9.77. The van der Waals surface area contributed by atoms with Crippen molar-refractivity contribution in [3.05, 3.63) is 53.9 Å². The number of nitrogens with zero attached hydrogens (tertiary/aromatic N) is 5. The van der Waals surface area contributed by atoms with Crippen LogP contribution in [0.4, 0.5) is 0 Å². The van der Waals surface area contributed by atoms with Crippen LogP contribution in [0, 0.1) is 41.4 Å². The van der Waals surface area contributed by atoms with E-state index >= 15 is 0 Å². The lowest BCUT2D eigenvalue weighted by Crippen LogP contribution is -2.60. The lowest BCUT2D eigenvalue weighted by molar-refractivity contribution is -0.264. The third-order valence-corrected chi connectivity index (χ3v) is 15.3. The molecule has 3 fully saturated rings. The van der Waals surface area contributed by atoms with Crippen molar-refractivity contribution < 1.29 is 53.1 Å². The molecule has 0 aromatic carbocycles. The van der Waals surface area contributed by atoms with E-state index in [-0.39, 0.29) is 66.8 Å². The Morgan fingerprint density at radius 1 is 0.882 bits per heavy atom. The van der Waals surface area contributed by atoms with E-state index in [4.69, 9.17) is 18.9 Å². The van der Waals surface area contributed by atoms with Crippen molar-refractivity contribution in [2.75, 3.05) is 20.8 Å². The fourth-order valence-corrected chi connectivity index (χ4v) is 10.7. The zero-order valence-electron chi connectivity index (χ0n) is 42.1. The highest BCUT2D eigenvalue weighted by Gasteiger charge is 2.53. The van der Waals surface area contributed by atoms with Crippen molar-refractivity contribution >= 4 is 29.2 Å². The molecule has 378 valence electrons. The van der Waals surface area contributed by atoms with E-state index in [0.29, 0.717) is 56.9 Å². The molecule has 1 amide bonds. The maximum absolute atomic E-state index is 14.5. The summed E-state index contributed by atoms with van der Waals surface area (Å²) < 4.78 is 25.8.